The van der Waals surface area contributed by atoms with Gasteiger partial charge in [-0.2, -0.15) is 0 Å². The number of fused-ring (bicyclic) bond motifs is 1. The van der Waals surface area contributed by atoms with E-state index in [1.165, 1.54) is 0 Å². The van der Waals surface area contributed by atoms with Crippen LogP contribution in [0.2, 0.25) is 5.02 Å². The molecule has 0 atom stereocenters. The Morgan fingerprint density at radius 1 is 1.04 bits per heavy atom. The Kier molecular flexibility index (Phi) is 4.76. The summed E-state index contributed by atoms with van der Waals surface area (Å²) >= 11 is 11.1. The molecule has 0 saturated carbocycles. The second-order valence-electron chi connectivity index (χ2n) is 5.64. The Morgan fingerprint density at radius 2 is 1.81 bits per heavy atom. The van der Waals surface area contributed by atoms with E-state index < -0.39 is 0 Å². The number of para-hydroxylation sites is 1. The number of carbonyl (C=O) groups is 1. The zero-order valence-electron chi connectivity index (χ0n) is 13.4. The van der Waals surface area contributed by atoms with Crippen molar-refractivity contribution in [2.45, 2.75) is 0 Å². The number of hydrogen-bond acceptors (Lipinski definition) is 3. The van der Waals surface area contributed by atoms with Gasteiger partial charge in [-0.15, -0.1) is 11.3 Å². The molecular formula is C20H12BrClN2OS. The lowest BCUT2D eigenvalue weighted by Crippen LogP contribution is -2.12. The molecule has 1 aromatic heterocycles. The molecule has 4 aromatic rings. The van der Waals surface area contributed by atoms with Crippen molar-refractivity contribution in [2.75, 3.05) is 5.32 Å². The molecule has 0 unspecified atom stereocenters. The van der Waals surface area contributed by atoms with E-state index in [0.29, 0.717) is 16.3 Å². The van der Waals surface area contributed by atoms with E-state index in [0.717, 1.165) is 25.3 Å². The first-order valence-electron chi connectivity index (χ1n) is 7.82. The van der Waals surface area contributed by atoms with Crippen LogP contribution in [0, 0.1) is 0 Å². The predicted molar refractivity (Wildman–Crippen MR) is 112 cm³/mol. The summed E-state index contributed by atoms with van der Waals surface area (Å²) in [6.07, 6.45) is 0. The summed E-state index contributed by atoms with van der Waals surface area (Å²) < 4.78 is 2.02. The molecular weight excluding hydrogens is 432 g/mol. The SMILES string of the molecule is O=C(Nc1ccc(Cl)cc1-c1nc2ccccc2s1)c1ccc(Br)cc1. The highest BCUT2D eigenvalue weighted by Crippen LogP contribution is 2.36. The van der Waals surface area contributed by atoms with Crippen LogP contribution in [0.3, 0.4) is 0 Å². The summed E-state index contributed by atoms with van der Waals surface area (Å²) in [5.41, 5.74) is 3.00. The highest BCUT2D eigenvalue weighted by Gasteiger charge is 2.14. The number of hydrogen-bond donors (Lipinski definition) is 1. The highest BCUT2D eigenvalue weighted by molar-refractivity contribution is 9.10. The number of rotatable bonds is 3. The normalized spacial score (nSPS) is 10.8. The number of nitrogens with zero attached hydrogens (tertiary/aromatic N) is 1. The first-order valence-corrected chi connectivity index (χ1v) is 9.81. The van der Waals surface area contributed by atoms with Crippen LogP contribution in [0.25, 0.3) is 20.8 Å². The molecule has 0 aliphatic rings. The maximum Gasteiger partial charge on any atom is 0.255 e. The summed E-state index contributed by atoms with van der Waals surface area (Å²) in [6.45, 7) is 0. The number of thiazole rings is 1. The average Bonchev–Trinajstić information content (AvgIpc) is 3.07. The van der Waals surface area contributed by atoms with Gasteiger partial charge < -0.3 is 5.32 Å². The predicted octanol–water partition coefficient (Wildman–Crippen LogP) is 6.63. The molecule has 0 fully saturated rings. The second kappa shape index (κ2) is 7.19. The lowest BCUT2D eigenvalue weighted by atomic mass is 10.1. The highest BCUT2D eigenvalue weighted by atomic mass is 79.9. The molecule has 0 bridgehead atoms. The van der Waals surface area contributed by atoms with Gasteiger partial charge in [0.2, 0.25) is 0 Å². The number of halogens is 2. The first kappa shape index (κ1) is 17.2. The van der Waals surface area contributed by atoms with Crippen molar-refractivity contribution in [3.05, 3.63) is 81.8 Å². The van der Waals surface area contributed by atoms with Crippen LogP contribution in [0.1, 0.15) is 10.4 Å². The zero-order chi connectivity index (χ0) is 18.1. The number of amides is 1. The third-order valence-corrected chi connectivity index (χ3v) is 5.69. The number of benzene rings is 3. The molecule has 0 aliphatic heterocycles. The van der Waals surface area contributed by atoms with Gasteiger partial charge in [-0.05, 0) is 54.6 Å². The van der Waals surface area contributed by atoms with Crippen molar-refractivity contribution in [1.29, 1.82) is 0 Å². The van der Waals surface area contributed by atoms with Crippen molar-refractivity contribution < 1.29 is 4.79 Å². The third kappa shape index (κ3) is 3.51. The molecule has 0 aliphatic carbocycles. The third-order valence-electron chi connectivity index (χ3n) is 3.86. The minimum atomic E-state index is -0.179. The minimum Gasteiger partial charge on any atom is -0.321 e. The minimum absolute atomic E-state index is 0.179. The van der Waals surface area contributed by atoms with Crippen LogP contribution in [0.4, 0.5) is 5.69 Å². The second-order valence-corrected chi connectivity index (χ2v) is 8.02. The van der Waals surface area contributed by atoms with Gasteiger partial charge in [0.15, 0.2) is 0 Å². The number of anilines is 1. The lowest BCUT2D eigenvalue weighted by molar-refractivity contribution is 0.102. The smallest absolute Gasteiger partial charge is 0.255 e. The fraction of sp³-hybridized carbons (Fsp3) is 0. The number of carbonyl (C=O) groups excluding carboxylic acids is 1. The Labute approximate surface area is 167 Å². The van der Waals surface area contributed by atoms with Crippen LogP contribution in [-0.2, 0) is 0 Å². The first-order chi connectivity index (χ1) is 12.6. The fourth-order valence-electron chi connectivity index (χ4n) is 2.59. The lowest BCUT2D eigenvalue weighted by Gasteiger charge is -2.10. The van der Waals surface area contributed by atoms with Crippen LogP contribution in [0.5, 0.6) is 0 Å². The Bertz CT molecular complexity index is 1080. The molecule has 1 heterocycles. The van der Waals surface area contributed by atoms with Crippen LogP contribution in [-0.4, -0.2) is 10.9 Å². The van der Waals surface area contributed by atoms with E-state index in [9.17, 15) is 4.79 Å². The van der Waals surface area contributed by atoms with Gasteiger partial charge in [0.1, 0.15) is 5.01 Å². The largest absolute Gasteiger partial charge is 0.321 e. The molecule has 0 saturated heterocycles. The van der Waals surface area contributed by atoms with Gasteiger partial charge >= 0.3 is 0 Å². The number of nitrogens with one attached hydrogen (secondary N) is 1. The number of aromatic nitrogens is 1. The fourth-order valence-corrected chi connectivity index (χ4v) is 4.02. The Hall–Kier alpha value is -2.21. The average molecular weight is 444 g/mol. The molecule has 1 amide bonds. The van der Waals surface area contributed by atoms with Crippen molar-refractivity contribution >= 4 is 60.7 Å². The molecule has 3 nitrogen and oxygen atoms in total. The summed E-state index contributed by atoms with van der Waals surface area (Å²) in [7, 11) is 0. The van der Waals surface area contributed by atoms with Crippen molar-refractivity contribution in [2.24, 2.45) is 0 Å². The van der Waals surface area contributed by atoms with Crippen molar-refractivity contribution in [3.63, 3.8) is 0 Å². The van der Waals surface area contributed by atoms with Gasteiger partial charge in [-0.3, -0.25) is 4.79 Å². The van der Waals surface area contributed by atoms with Gasteiger partial charge in [0.05, 0.1) is 15.9 Å². The van der Waals surface area contributed by atoms with Crippen molar-refractivity contribution in [3.8, 4) is 10.6 Å². The van der Waals surface area contributed by atoms with E-state index in [4.69, 9.17) is 11.6 Å². The molecule has 6 heteroatoms. The summed E-state index contributed by atoms with van der Waals surface area (Å²) in [5.74, 6) is -0.179. The summed E-state index contributed by atoms with van der Waals surface area (Å²) in [4.78, 5) is 17.3. The van der Waals surface area contributed by atoms with Crippen molar-refractivity contribution in [1.82, 2.24) is 4.98 Å². The molecule has 4 rings (SSSR count). The summed E-state index contributed by atoms with van der Waals surface area (Å²) in [5, 5.41) is 4.39. The van der Waals surface area contributed by atoms with E-state index in [1.54, 1.807) is 35.6 Å². The van der Waals surface area contributed by atoms with Gasteiger partial charge in [0, 0.05) is 20.6 Å². The molecule has 1 N–H and O–H groups in total. The maximum atomic E-state index is 12.6. The zero-order valence-corrected chi connectivity index (χ0v) is 16.5. The van der Waals surface area contributed by atoms with Crippen LogP contribution < -0.4 is 5.32 Å². The molecule has 26 heavy (non-hydrogen) atoms. The van der Waals surface area contributed by atoms with E-state index in [2.05, 4.69) is 26.2 Å². The van der Waals surface area contributed by atoms with Gasteiger partial charge in [0.25, 0.3) is 5.91 Å². The van der Waals surface area contributed by atoms with Gasteiger partial charge in [-0.1, -0.05) is 39.7 Å². The molecule has 3 aromatic carbocycles. The van der Waals surface area contributed by atoms with Crippen LogP contribution >= 0.6 is 38.9 Å². The van der Waals surface area contributed by atoms with E-state index in [1.807, 2.05) is 42.5 Å². The quantitative estimate of drug-likeness (QED) is 0.386. The summed E-state index contributed by atoms with van der Waals surface area (Å²) in [6, 6.07) is 20.6. The Balaban J connectivity index is 1.72. The molecule has 0 radical (unpaired) electrons. The van der Waals surface area contributed by atoms with Gasteiger partial charge in [-0.25, -0.2) is 4.98 Å². The van der Waals surface area contributed by atoms with E-state index >= 15 is 0 Å². The maximum absolute atomic E-state index is 12.6. The van der Waals surface area contributed by atoms with Crippen LogP contribution in [0.15, 0.2) is 71.2 Å². The molecule has 128 valence electrons. The molecule has 0 spiro atoms. The monoisotopic (exact) mass is 442 g/mol. The van der Waals surface area contributed by atoms with E-state index in [-0.39, 0.29) is 5.91 Å². The topological polar surface area (TPSA) is 42.0 Å². The standard InChI is InChI=1S/C20H12BrClN2OS/c21-13-7-5-12(6-8-13)19(25)23-16-10-9-14(22)11-15(16)20-24-17-3-1-2-4-18(17)26-20/h1-11H,(H,23,25). The Morgan fingerprint density at radius 3 is 2.58 bits per heavy atom.